The molecule has 0 spiro atoms. The van der Waals surface area contributed by atoms with E-state index < -0.39 is 17.5 Å². The highest BCUT2D eigenvalue weighted by Gasteiger charge is 2.17. The summed E-state index contributed by atoms with van der Waals surface area (Å²) in [6.07, 6.45) is 0. The minimum Gasteiger partial charge on any atom is -0.355 e. The number of rotatable bonds is 4. The maximum atomic E-state index is 13.6. The molecule has 1 N–H and O–H groups in total. The molecule has 0 atom stereocenters. The molecule has 0 saturated carbocycles. The molecule has 0 aliphatic carbocycles. The summed E-state index contributed by atoms with van der Waals surface area (Å²) < 4.78 is 32.1. The lowest BCUT2D eigenvalue weighted by atomic mass is 9.86. The van der Waals surface area contributed by atoms with Crippen LogP contribution in [0.15, 0.2) is 53.1 Å². The molecule has 1 heterocycles. The first-order chi connectivity index (χ1) is 12.8. The number of aromatic nitrogens is 1. The van der Waals surface area contributed by atoms with Gasteiger partial charge in [-0.3, -0.25) is 4.79 Å². The number of carbonyl (C=O) groups is 1. The van der Waals surface area contributed by atoms with Crippen LogP contribution in [0.5, 0.6) is 0 Å². The van der Waals surface area contributed by atoms with E-state index in [-0.39, 0.29) is 23.2 Å². The molecule has 0 bridgehead atoms. The lowest BCUT2D eigenvalue weighted by molar-refractivity contribution is 0.0941. The van der Waals surface area contributed by atoms with Crippen LogP contribution in [-0.2, 0) is 12.0 Å². The fourth-order valence-corrected chi connectivity index (χ4v) is 2.60. The predicted octanol–water partition coefficient (Wildman–Crippen LogP) is 4.85. The minimum atomic E-state index is -0.974. The second-order valence-corrected chi connectivity index (χ2v) is 7.30. The van der Waals surface area contributed by atoms with Crippen molar-refractivity contribution >= 4 is 5.91 Å². The Kier molecular flexibility index (Phi) is 5.08. The maximum absolute atomic E-state index is 13.6. The molecule has 0 radical (unpaired) electrons. The molecule has 140 valence electrons. The topological polar surface area (TPSA) is 55.1 Å². The highest BCUT2D eigenvalue weighted by atomic mass is 19.2. The fraction of sp³-hybridized carbons (Fsp3) is 0.238. The molecule has 0 unspecified atom stereocenters. The lowest BCUT2D eigenvalue weighted by Crippen LogP contribution is -2.23. The van der Waals surface area contributed by atoms with Gasteiger partial charge >= 0.3 is 0 Å². The highest BCUT2D eigenvalue weighted by Crippen LogP contribution is 2.26. The quantitative estimate of drug-likeness (QED) is 0.714. The first kappa shape index (κ1) is 18.8. The number of halogens is 2. The van der Waals surface area contributed by atoms with Crippen molar-refractivity contribution in [2.24, 2.45) is 0 Å². The van der Waals surface area contributed by atoms with E-state index in [0.29, 0.717) is 5.76 Å². The number of hydrogen-bond donors (Lipinski definition) is 1. The van der Waals surface area contributed by atoms with Crippen molar-refractivity contribution in [3.63, 3.8) is 0 Å². The van der Waals surface area contributed by atoms with Gasteiger partial charge in [0.15, 0.2) is 23.1 Å². The minimum absolute atomic E-state index is 0.0389. The summed E-state index contributed by atoms with van der Waals surface area (Å²) in [5, 5.41) is 6.27. The van der Waals surface area contributed by atoms with Gasteiger partial charge in [-0.15, -0.1) is 0 Å². The van der Waals surface area contributed by atoms with E-state index in [1.54, 1.807) is 0 Å². The monoisotopic (exact) mass is 370 g/mol. The summed E-state index contributed by atoms with van der Waals surface area (Å²) in [6, 6.07) is 13.2. The molecule has 1 aromatic heterocycles. The van der Waals surface area contributed by atoms with Gasteiger partial charge in [0.25, 0.3) is 5.91 Å². The predicted molar refractivity (Wildman–Crippen MR) is 98.2 cm³/mol. The van der Waals surface area contributed by atoms with Gasteiger partial charge in [0.2, 0.25) is 0 Å². The Hall–Kier alpha value is -3.02. The van der Waals surface area contributed by atoms with Crippen molar-refractivity contribution in [1.82, 2.24) is 10.5 Å². The summed E-state index contributed by atoms with van der Waals surface area (Å²) in [4.78, 5) is 12.2. The Bertz CT molecular complexity index is 957. The van der Waals surface area contributed by atoms with Crippen LogP contribution in [0.4, 0.5) is 8.78 Å². The number of carbonyl (C=O) groups excluding carboxylic acids is 1. The summed E-state index contributed by atoms with van der Waals surface area (Å²) >= 11 is 0. The van der Waals surface area contributed by atoms with Crippen LogP contribution in [-0.4, -0.2) is 11.1 Å². The van der Waals surface area contributed by atoms with Crippen molar-refractivity contribution in [2.75, 3.05) is 0 Å². The fourth-order valence-electron chi connectivity index (χ4n) is 2.60. The number of amides is 1. The zero-order chi connectivity index (χ0) is 19.6. The summed E-state index contributed by atoms with van der Waals surface area (Å²) in [5.74, 6) is -2.00. The number of hydrogen-bond acceptors (Lipinski definition) is 3. The molecule has 27 heavy (non-hydrogen) atoms. The molecule has 4 nitrogen and oxygen atoms in total. The number of nitrogens with one attached hydrogen (secondary N) is 1. The highest BCUT2D eigenvalue weighted by molar-refractivity contribution is 5.93. The zero-order valence-electron chi connectivity index (χ0n) is 15.3. The second-order valence-electron chi connectivity index (χ2n) is 7.30. The number of nitrogens with zero attached hydrogens (tertiary/aromatic N) is 1. The van der Waals surface area contributed by atoms with Gasteiger partial charge in [-0.05, 0) is 17.0 Å². The van der Waals surface area contributed by atoms with Gasteiger partial charge in [-0.25, -0.2) is 8.78 Å². The van der Waals surface area contributed by atoms with Crippen LogP contribution in [0.1, 0.15) is 42.4 Å². The van der Waals surface area contributed by atoms with Gasteiger partial charge in [-0.2, -0.15) is 0 Å². The summed E-state index contributed by atoms with van der Waals surface area (Å²) in [7, 11) is 0. The lowest BCUT2D eigenvalue weighted by Gasteiger charge is -2.18. The molecule has 1 amide bonds. The van der Waals surface area contributed by atoms with E-state index in [4.69, 9.17) is 4.52 Å². The van der Waals surface area contributed by atoms with Gasteiger partial charge in [0, 0.05) is 23.7 Å². The Morgan fingerprint density at radius 3 is 2.48 bits per heavy atom. The van der Waals surface area contributed by atoms with Crippen LogP contribution < -0.4 is 5.32 Å². The van der Waals surface area contributed by atoms with E-state index in [9.17, 15) is 13.6 Å². The molecule has 3 rings (SSSR count). The molecular weight excluding hydrogens is 350 g/mol. The molecule has 0 saturated heterocycles. The average Bonchev–Trinajstić information content (AvgIpc) is 3.12. The van der Waals surface area contributed by atoms with Gasteiger partial charge in [0.1, 0.15) is 0 Å². The third-order valence-electron chi connectivity index (χ3n) is 4.25. The molecule has 6 heteroatoms. The molecular formula is C21H20F2N2O2. The van der Waals surface area contributed by atoms with Crippen molar-refractivity contribution in [2.45, 2.75) is 32.7 Å². The van der Waals surface area contributed by atoms with Gasteiger partial charge in [0.05, 0.1) is 0 Å². The van der Waals surface area contributed by atoms with Crippen molar-refractivity contribution < 1.29 is 18.1 Å². The molecule has 0 fully saturated rings. The SMILES string of the molecule is CC(C)(C)c1ccc(-c2cc(C(=O)NCc3cccc(F)c3F)no2)cc1. The van der Waals surface area contributed by atoms with Crippen LogP contribution in [0.25, 0.3) is 11.3 Å². The maximum Gasteiger partial charge on any atom is 0.273 e. The first-order valence-corrected chi connectivity index (χ1v) is 8.54. The summed E-state index contributed by atoms with van der Waals surface area (Å²) in [6.45, 7) is 6.23. The van der Waals surface area contributed by atoms with Crippen LogP contribution >= 0.6 is 0 Å². The van der Waals surface area contributed by atoms with E-state index in [2.05, 4.69) is 31.2 Å². The van der Waals surface area contributed by atoms with Crippen molar-refractivity contribution in [3.05, 3.63) is 77.0 Å². The van der Waals surface area contributed by atoms with E-state index in [0.717, 1.165) is 11.6 Å². The standard InChI is InChI=1S/C21H20F2N2O2/c1-21(2,3)15-9-7-13(8-10-15)18-11-17(25-27-18)20(26)24-12-14-5-4-6-16(22)19(14)23/h4-11H,12H2,1-3H3,(H,24,26). The Morgan fingerprint density at radius 1 is 1.11 bits per heavy atom. The third-order valence-corrected chi connectivity index (χ3v) is 4.25. The third kappa shape index (κ3) is 4.22. The molecule has 3 aromatic rings. The normalized spacial score (nSPS) is 11.4. The first-order valence-electron chi connectivity index (χ1n) is 8.54. The largest absolute Gasteiger partial charge is 0.355 e. The van der Waals surface area contributed by atoms with E-state index in [1.807, 2.05) is 24.3 Å². The number of benzene rings is 2. The van der Waals surface area contributed by atoms with Crippen LogP contribution in [0.2, 0.25) is 0 Å². The van der Waals surface area contributed by atoms with Crippen LogP contribution in [0, 0.1) is 11.6 Å². The molecule has 0 aliphatic heterocycles. The summed E-state index contributed by atoms with van der Waals surface area (Å²) in [5.41, 5.74) is 2.15. The molecule has 2 aromatic carbocycles. The van der Waals surface area contributed by atoms with E-state index in [1.165, 1.54) is 23.8 Å². The van der Waals surface area contributed by atoms with Crippen LogP contribution in [0.3, 0.4) is 0 Å². The van der Waals surface area contributed by atoms with Crippen molar-refractivity contribution in [3.8, 4) is 11.3 Å². The van der Waals surface area contributed by atoms with E-state index >= 15 is 0 Å². The van der Waals surface area contributed by atoms with Gasteiger partial charge in [-0.1, -0.05) is 62.3 Å². The second kappa shape index (κ2) is 7.31. The molecule has 0 aliphatic rings. The van der Waals surface area contributed by atoms with Gasteiger partial charge < -0.3 is 9.84 Å². The van der Waals surface area contributed by atoms with Crippen molar-refractivity contribution in [1.29, 1.82) is 0 Å². The average molecular weight is 370 g/mol. The Labute approximate surface area is 156 Å². The zero-order valence-corrected chi connectivity index (χ0v) is 15.3. The smallest absolute Gasteiger partial charge is 0.273 e. The Morgan fingerprint density at radius 2 is 1.81 bits per heavy atom. The Balaban J connectivity index is 1.70.